The van der Waals surface area contributed by atoms with E-state index in [9.17, 15) is 4.79 Å². The Morgan fingerprint density at radius 2 is 2.16 bits per heavy atom. The third-order valence-corrected chi connectivity index (χ3v) is 2.72. The molecule has 0 aromatic heterocycles. The summed E-state index contributed by atoms with van der Waals surface area (Å²) in [6.45, 7) is 3.33. The van der Waals surface area contributed by atoms with Crippen molar-refractivity contribution in [3.8, 4) is 11.5 Å². The third kappa shape index (κ3) is 4.01. The highest BCUT2D eigenvalue weighted by molar-refractivity contribution is 5.85. The van der Waals surface area contributed by atoms with Gasteiger partial charge in [0.2, 0.25) is 5.91 Å². The van der Waals surface area contributed by atoms with Crippen molar-refractivity contribution in [3.63, 3.8) is 0 Å². The minimum Gasteiger partial charge on any atom is -0.490 e. The van der Waals surface area contributed by atoms with Crippen LogP contribution in [0.25, 0.3) is 0 Å². The number of para-hydroxylation sites is 1. The highest BCUT2D eigenvalue weighted by atomic mass is 35.5. The third-order valence-electron chi connectivity index (χ3n) is 2.72. The van der Waals surface area contributed by atoms with Gasteiger partial charge in [-0.15, -0.1) is 12.4 Å². The lowest BCUT2D eigenvalue weighted by Crippen LogP contribution is -2.37. The highest BCUT2D eigenvalue weighted by Crippen LogP contribution is 2.33. The van der Waals surface area contributed by atoms with Crippen molar-refractivity contribution in [2.45, 2.75) is 25.9 Å². The lowest BCUT2D eigenvalue weighted by molar-refractivity contribution is -0.122. The second-order valence-corrected chi connectivity index (χ2v) is 4.30. The number of hydrogen-bond acceptors (Lipinski definition) is 4. The Kier molecular flexibility index (Phi) is 5.92. The van der Waals surface area contributed by atoms with Crippen LogP contribution < -0.4 is 20.5 Å². The van der Waals surface area contributed by atoms with Gasteiger partial charge in [-0.25, -0.2) is 0 Å². The van der Waals surface area contributed by atoms with Gasteiger partial charge in [0.05, 0.1) is 19.3 Å². The molecule has 2 rings (SSSR count). The number of carbonyl (C=O) groups is 1. The van der Waals surface area contributed by atoms with Crippen molar-refractivity contribution < 1.29 is 14.3 Å². The highest BCUT2D eigenvalue weighted by Gasteiger charge is 2.15. The monoisotopic (exact) mass is 286 g/mol. The number of fused-ring (bicyclic) bond motifs is 1. The van der Waals surface area contributed by atoms with Gasteiger partial charge in [-0.2, -0.15) is 0 Å². The number of rotatable bonds is 3. The summed E-state index contributed by atoms with van der Waals surface area (Å²) in [6, 6.07) is 5.16. The molecular weight excluding hydrogens is 268 g/mol. The van der Waals surface area contributed by atoms with E-state index in [0.29, 0.717) is 19.8 Å². The Morgan fingerprint density at radius 3 is 2.89 bits per heavy atom. The van der Waals surface area contributed by atoms with E-state index in [-0.39, 0.29) is 18.3 Å². The van der Waals surface area contributed by atoms with Gasteiger partial charge in [0.15, 0.2) is 11.5 Å². The molecule has 0 aliphatic carbocycles. The Balaban J connectivity index is 0.00000180. The van der Waals surface area contributed by atoms with Crippen molar-refractivity contribution in [1.82, 2.24) is 5.32 Å². The van der Waals surface area contributed by atoms with Gasteiger partial charge < -0.3 is 20.5 Å². The first-order valence-corrected chi connectivity index (χ1v) is 6.09. The van der Waals surface area contributed by atoms with Crippen molar-refractivity contribution in [2.75, 3.05) is 13.2 Å². The SMILES string of the molecule is CC(N)C(=O)NCc1cccc2c1OCCCO2.Cl. The summed E-state index contributed by atoms with van der Waals surface area (Å²) in [5, 5.41) is 2.77. The van der Waals surface area contributed by atoms with Crippen LogP contribution in [0.3, 0.4) is 0 Å². The van der Waals surface area contributed by atoms with Gasteiger partial charge in [0, 0.05) is 18.5 Å². The Bertz CT molecular complexity index is 438. The molecule has 0 saturated carbocycles. The quantitative estimate of drug-likeness (QED) is 0.877. The topological polar surface area (TPSA) is 73.6 Å². The molecule has 1 aliphatic rings. The number of benzene rings is 1. The van der Waals surface area contributed by atoms with E-state index >= 15 is 0 Å². The summed E-state index contributed by atoms with van der Waals surface area (Å²) in [6.07, 6.45) is 0.861. The molecule has 0 bridgehead atoms. The molecule has 106 valence electrons. The van der Waals surface area contributed by atoms with Gasteiger partial charge in [-0.05, 0) is 13.0 Å². The molecule has 1 heterocycles. The van der Waals surface area contributed by atoms with Crippen LogP contribution in [0.15, 0.2) is 18.2 Å². The van der Waals surface area contributed by atoms with E-state index in [4.69, 9.17) is 15.2 Å². The van der Waals surface area contributed by atoms with E-state index in [2.05, 4.69) is 5.32 Å². The number of carbonyl (C=O) groups excluding carboxylic acids is 1. The zero-order valence-corrected chi connectivity index (χ0v) is 11.7. The average molecular weight is 287 g/mol. The van der Waals surface area contributed by atoms with Crippen molar-refractivity contribution in [2.24, 2.45) is 5.73 Å². The Hall–Kier alpha value is -1.46. The van der Waals surface area contributed by atoms with E-state index in [0.717, 1.165) is 23.5 Å². The van der Waals surface area contributed by atoms with Crippen molar-refractivity contribution in [3.05, 3.63) is 23.8 Å². The lowest BCUT2D eigenvalue weighted by atomic mass is 10.1. The number of hydrogen-bond donors (Lipinski definition) is 2. The van der Waals surface area contributed by atoms with Crippen LogP contribution in [0.5, 0.6) is 11.5 Å². The van der Waals surface area contributed by atoms with Crippen LogP contribution in [0.1, 0.15) is 18.9 Å². The van der Waals surface area contributed by atoms with Crippen LogP contribution in [0.2, 0.25) is 0 Å². The van der Waals surface area contributed by atoms with Crippen LogP contribution >= 0.6 is 12.4 Å². The van der Waals surface area contributed by atoms with E-state index in [1.165, 1.54) is 0 Å². The first-order chi connectivity index (χ1) is 8.68. The zero-order valence-electron chi connectivity index (χ0n) is 10.8. The summed E-state index contributed by atoms with van der Waals surface area (Å²) in [4.78, 5) is 11.4. The molecule has 0 spiro atoms. The Morgan fingerprint density at radius 1 is 1.42 bits per heavy atom. The molecule has 6 heteroatoms. The molecule has 1 unspecified atom stereocenters. The maximum absolute atomic E-state index is 11.4. The number of halogens is 1. The first-order valence-electron chi connectivity index (χ1n) is 6.09. The van der Waals surface area contributed by atoms with Crippen LogP contribution in [0.4, 0.5) is 0 Å². The summed E-state index contributed by atoms with van der Waals surface area (Å²) < 4.78 is 11.2. The van der Waals surface area contributed by atoms with Crippen molar-refractivity contribution >= 4 is 18.3 Å². The summed E-state index contributed by atoms with van der Waals surface area (Å²) in [7, 11) is 0. The summed E-state index contributed by atoms with van der Waals surface area (Å²) >= 11 is 0. The maximum Gasteiger partial charge on any atom is 0.236 e. The van der Waals surface area contributed by atoms with E-state index < -0.39 is 6.04 Å². The molecule has 1 amide bonds. The standard InChI is InChI=1S/C13H18N2O3.ClH/c1-9(14)13(16)15-8-10-4-2-5-11-12(10)18-7-3-6-17-11;/h2,4-5,9H,3,6-8,14H2,1H3,(H,15,16);1H. The van der Waals surface area contributed by atoms with Gasteiger partial charge in [0.25, 0.3) is 0 Å². The number of nitrogens with one attached hydrogen (secondary N) is 1. The second kappa shape index (κ2) is 7.21. The Labute approximate surface area is 118 Å². The average Bonchev–Trinajstić information content (AvgIpc) is 2.61. The fourth-order valence-electron chi connectivity index (χ4n) is 1.74. The second-order valence-electron chi connectivity index (χ2n) is 4.30. The molecule has 0 radical (unpaired) electrons. The molecule has 1 aromatic rings. The number of amides is 1. The van der Waals surface area contributed by atoms with E-state index in [1.54, 1.807) is 6.92 Å². The molecule has 19 heavy (non-hydrogen) atoms. The molecule has 1 atom stereocenters. The predicted molar refractivity (Wildman–Crippen MR) is 74.8 cm³/mol. The lowest BCUT2D eigenvalue weighted by Gasteiger charge is -2.13. The van der Waals surface area contributed by atoms with Gasteiger partial charge >= 0.3 is 0 Å². The molecule has 1 aliphatic heterocycles. The number of nitrogens with two attached hydrogens (primary N) is 1. The maximum atomic E-state index is 11.4. The molecular formula is C13H19ClN2O3. The van der Waals surface area contributed by atoms with Crippen LogP contribution in [0, 0.1) is 0 Å². The molecule has 0 saturated heterocycles. The smallest absolute Gasteiger partial charge is 0.236 e. The summed E-state index contributed by atoms with van der Waals surface area (Å²) in [5.74, 6) is 1.28. The van der Waals surface area contributed by atoms with Crippen LogP contribution in [-0.4, -0.2) is 25.2 Å². The van der Waals surface area contributed by atoms with Gasteiger partial charge in [-0.3, -0.25) is 4.79 Å². The van der Waals surface area contributed by atoms with E-state index in [1.807, 2.05) is 18.2 Å². The fourth-order valence-corrected chi connectivity index (χ4v) is 1.74. The molecule has 0 fully saturated rings. The van der Waals surface area contributed by atoms with Gasteiger partial charge in [0.1, 0.15) is 0 Å². The minimum absolute atomic E-state index is 0. The first kappa shape index (κ1) is 15.6. The predicted octanol–water partition coefficient (Wildman–Crippen LogP) is 1.23. The minimum atomic E-state index is -0.510. The molecule has 3 N–H and O–H groups in total. The van der Waals surface area contributed by atoms with Crippen molar-refractivity contribution in [1.29, 1.82) is 0 Å². The zero-order chi connectivity index (χ0) is 13.0. The normalized spacial score (nSPS) is 14.8. The van der Waals surface area contributed by atoms with Crippen LogP contribution in [-0.2, 0) is 11.3 Å². The molecule has 5 nitrogen and oxygen atoms in total. The van der Waals surface area contributed by atoms with Gasteiger partial charge in [-0.1, -0.05) is 12.1 Å². The largest absolute Gasteiger partial charge is 0.490 e. The number of ether oxygens (including phenoxy) is 2. The summed E-state index contributed by atoms with van der Waals surface area (Å²) in [5.41, 5.74) is 6.40. The fraction of sp³-hybridized carbons (Fsp3) is 0.462. The molecule has 1 aromatic carbocycles.